The minimum absolute atomic E-state index is 0.0753. The smallest absolute Gasteiger partial charge is 0.0576 e. The molecule has 4 atom stereocenters. The van der Waals surface area contributed by atoms with Crippen LogP contribution in [0.5, 0.6) is 0 Å². The van der Waals surface area contributed by atoms with Gasteiger partial charge in [-0.2, -0.15) is 0 Å². The first kappa shape index (κ1) is 19.2. The number of methoxy groups -OCH3 is 2. The molecule has 0 spiro atoms. The number of aliphatic hydroxyl groups is 2. The van der Waals surface area contributed by atoms with E-state index >= 15 is 0 Å². The fourth-order valence-corrected chi connectivity index (χ4v) is 4.74. The average molecular weight is 328 g/mol. The van der Waals surface area contributed by atoms with Crippen molar-refractivity contribution in [3.63, 3.8) is 0 Å². The third kappa shape index (κ3) is 4.91. The van der Waals surface area contributed by atoms with Crippen LogP contribution in [0.25, 0.3) is 0 Å². The van der Waals surface area contributed by atoms with Crippen molar-refractivity contribution in [3.05, 3.63) is 0 Å². The van der Waals surface area contributed by atoms with E-state index in [4.69, 9.17) is 9.47 Å². The summed E-state index contributed by atoms with van der Waals surface area (Å²) in [6.45, 7) is 4.39. The van der Waals surface area contributed by atoms with E-state index < -0.39 is 0 Å². The molecule has 2 fully saturated rings. The van der Waals surface area contributed by atoms with Gasteiger partial charge in [-0.05, 0) is 68.6 Å². The zero-order chi connectivity index (χ0) is 17.0. The van der Waals surface area contributed by atoms with Crippen molar-refractivity contribution < 1.29 is 19.7 Å². The Bertz CT molecular complexity index is 349. The lowest BCUT2D eigenvalue weighted by molar-refractivity contribution is -0.0750. The second-order valence-electron chi connectivity index (χ2n) is 8.38. The molecule has 2 aliphatic carbocycles. The fraction of sp³-hybridized carbons (Fsp3) is 1.00. The van der Waals surface area contributed by atoms with Crippen LogP contribution in [0.2, 0.25) is 0 Å². The number of aliphatic hydroxyl groups excluding tert-OH is 2. The molecule has 0 aromatic carbocycles. The summed E-state index contributed by atoms with van der Waals surface area (Å²) < 4.78 is 10.9. The number of ether oxygens (including phenoxy) is 2. The molecule has 0 bridgehead atoms. The first-order valence-electron chi connectivity index (χ1n) is 9.29. The van der Waals surface area contributed by atoms with Crippen molar-refractivity contribution in [2.75, 3.05) is 14.2 Å². The maximum Gasteiger partial charge on any atom is 0.0576 e. The van der Waals surface area contributed by atoms with Gasteiger partial charge in [-0.25, -0.2) is 0 Å². The SMILES string of the molecule is COC1CCC(C(O)CC(C)(C)C2CC(OC)CCC2O)CC1. The average Bonchev–Trinajstić information content (AvgIpc) is 2.54. The normalized spacial score (nSPS) is 37.6. The molecule has 0 saturated heterocycles. The van der Waals surface area contributed by atoms with Crippen LogP contribution >= 0.6 is 0 Å². The summed E-state index contributed by atoms with van der Waals surface area (Å²) >= 11 is 0. The molecule has 23 heavy (non-hydrogen) atoms. The lowest BCUT2D eigenvalue weighted by Gasteiger charge is -2.44. The van der Waals surface area contributed by atoms with Gasteiger partial charge in [0.2, 0.25) is 0 Å². The van der Waals surface area contributed by atoms with Gasteiger partial charge in [0.1, 0.15) is 0 Å². The van der Waals surface area contributed by atoms with E-state index in [9.17, 15) is 10.2 Å². The lowest BCUT2D eigenvalue weighted by Crippen LogP contribution is -2.43. The molecule has 0 heterocycles. The molecule has 136 valence electrons. The molecule has 2 saturated carbocycles. The molecule has 4 unspecified atom stereocenters. The van der Waals surface area contributed by atoms with Crippen LogP contribution in [0.1, 0.15) is 65.2 Å². The van der Waals surface area contributed by atoms with Crippen LogP contribution in [0.3, 0.4) is 0 Å². The Morgan fingerprint density at radius 1 is 0.957 bits per heavy atom. The summed E-state index contributed by atoms with van der Waals surface area (Å²) in [5, 5.41) is 21.2. The zero-order valence-corrected chi connectivity index (χ0v) is 15.3. The maximum absolute atomic E-state index is 10.8. The quantitative estimate of drug-likeness (QED) is 0.786. The van der Waals surface area contributed by atoms with E-state index in [1.807, 2.05) is 0 Å². The van der Waals surface area contributed by atoms with Crippen LogP contribution in [-0.4, -0.2) is 48.8 Å². The summed E-state index contributed by atoms with van der Waals surface area (Å²) in [6, 6.07) is 0. The van der Waals surface area contributed by atoms with Gasteiger partial charge in [0, 0.05) is 14.2 Å². The molecule has 4 heteroatoms. The molecule has 0 aliphatic heterocycles. The van der Waals surface area contributed by atoms with E-state index in [-0.39, 0.29) is 29.6 Å². The minimum Gasteiger partial charge on any atom is -0.393 e. The van der Waals surface area contributed by atoms with Gasteiger partial charge in [-0.1, -0.05) is 13.8 Å². The summed E-state index contributed by atoms with van der Waals surface area (Å²) in [6.07, 6.45) is 7.66. The van der Waals surface area contributed by atoms with Gasteiger partial charge in [0.05, 0.1) is 24.4 Å². The molecular weight excluding hydrogens is 292 g/mol. The molecule has 0 amide bonds. The number of rotatable bonds is 6. The van der Waals surface area contributed by atoms with Gasteiger partial charge in [-0.3, -0.25) is 0 Å². The Labute approximate surface area is 141 Å². The molecule has 0 aromatic heterocycles. The lowest BCUT2D eigenvalue weighted by atomic mass is 9.65. The van der Waals surface area contributed by atoms with Gasteiger partial charge >= 0.3 is 0 Å². The number of hydrogen-bond acceptors (Lipinski definition) is 4. The van der Waals surface area contributed by atoms with E-state index in [1.165, 1.54) is 0 Å². The first-order chi connectivity index (χ1) is 10.9. The highest BCUT2D eigenvalue weighted by Gasteiger charge is 2.41. The topological polar surface area (TPSA) is 58.9 Å². The molecule has 2 aliphatic rings. The summed E-state index contributed by atoms with van der Waals surface area (Å²) in [4.78, 5) is 0. The highest BCUT2D eigenvalue weighted by atomic mass is 16.5. The largest absolute Gasteiger partial charge is 0.393 e. The second kappa shape index (κ2) is 8.28. The Morgan fingerprint density at radius 3 is 2.09 bits per heavy atom. The van der Waals surface area contributed by atoms with Crippen molar-refractivity contribution in [2.24, 2.45) is 17.3 Å². The monoisotopic (exact) mass is 328 g/mol. The van der Waals surface area contributed by atoms with E-state index in [2.05, 4.69) is 13.8 Å². The summed E-state index contributed by atoms with van der Waals surface area (Å²) in [5.74, 6) is 0.575. The van der Waals surface area contributed by atoms with Gasteiger partial charge in [0.25, 0.3) is 0 Å². The standard InChI is InChI=1S/C19H36O4/c1-19(2,16-11-15(23-4)9-10-17(16)20)12-18(21)13-5-7-14(22-3)8-6-13/h13-18,20-21H,5-12H2,1-4H3. The summed E-state index contributed by atoms with van der Waals surface area (Å²) in [5.41, 5.74) is -0.0753. The fourth-order valence-electron chi connectivity index (χ4n) is 4.74. The Hall–Kier alpha value is -0.160. The van der Waals surface area contributed by atoms with Crippen molar-refractivity contribution in [1.82, 2.24) is 0 Å². The third-order valence-electron chi connectivity index (χ3n) is 6.43. The highest BCUT2D eigenvalue weighted by molar-refractivity contribution is 4.92. The highest BCUT2D eigenvalue weighted by Crippen LogP contribution is 2.44. The van der Waals surface area contributed by atoms with Crippen LogP contribution in [0.15, 0.2) is 0 Å². The Kier molecular flexibility index (Phi) is 6.90. The van der Waals surface area contributed by atoms with E-state index in [0.717, 1.165) is 51.4 Å². The number of hydrogen-bond donors (Lipinski definition) is 2. The van der Waals surface area contributed by atoms with Crippen LogP contribution in [0, 0.1) is 17.3 Å². The third-order valence-corrected chi connectivity index (χ3v) is 6.43. The van der Waals surface area contributed by atoms with Crippen molar-refractivity contribution in [2.45, 2.75) is 89.6 Å². The zero-order valence-electron chi connectivity index (χ0n) is 15.3. The predicted molar refractivity (Wildman–Crippen MR) is 91.3 cm³/mol. The van der Waals surface area contributed by atoms with E-state index in [1.54, 1.807) is 14.2 Å². The minimum atomic E-state index is -0.280. The first-order valence-corrected chi connectivity index (χ1v) is 9.29. The van der Waals surface area contributed by atoms with Crippen molar-refractivity contribution >= 4 is 0 Å². The van der Waals surface area contributed by atoms with Crippen molar-refractivity contribution in [1.29, 1.82) is 0 Å². The van der Waals surface area contributed by atoms with Crippen LogP contribution in [-0.2, 0) is 9.47 Å². The molecule has 0 aromatic rings. The Balaban J connectivity index is 1.91. The molecular formula is C19H36O4. The molecule has 0 radical (unpaired) electrons. The molecule has 2 rings (SSSR count). The molecule has 4 nitrogen and oxygen atoms in total. The van der Waals surface area contributed by atoms with Crippen LogP contribution < -0.4 is 0 Å². The van der Waals surface area contributed by atoms with Gasteiger partial charge in [0.15, 0.2) is 0 Å². The van der Waals surface area contributed by atoms with E-state index in [0.29, 0.717) is 12.0 Å². The van der Waals surface area contributed by atoms with Gasteiger partial charge in [-0.15, -0.1) is 0 Å². The van der Waals surface area contributed by atoms with Crippen molar-refractivity contribution in [3.8, 4) is 0 Å². The maximum atomic E-state index is 10.8. The van der Waals surface area contributed by atoms with Gasteiger partial charge < -0.3 is 19.7 Å². The second-order valence-corrected chi connectivity index (χ2v) is 8.38. The molecule has 2 N–H and O–H groups in total. The Morgan fingerprint density at radius 2 is 1.52 bits per heavy atom. The summed E-state index contributed by atoms with van der Waals surface area (Å²) in [7, 11) is 3.54. The predicted octanol–water partition coefficient (Wildman–Crippen LogP) is 3.14. The van der Waals surface area contributed by atoms with Crippen LogP contribution in [0.4, 0.5) is 0 Å².